The Labute approximate surface area is 108 Å². The summed E-state index contributed by atoms with van der Waals surface area (Å²) in [5.41, 5.74) is -0.465. The van der Waals surface area contributed by atoms with Crippen molar-refractivity contribution < 1.29 is 12.8 Å². The van der Waals surface area contributed by atoms with Crippen molar-refractivity contribution in [1.29, 1.82) is 0 Å². The second-order valence-corrected chi connectivity index (χ2v) is 6.71. The molecule has 0 bridgehead atoms. The molecule has 1 N–H and O–H groups in total. The molecular formula is C12H18N2O3S. The van der Waals surface area contributed by atoms with Gasteiger partial charge in [-0.1, -0.05) is 5.92 Å². The molecule has 0 atom stereocenters. The van der Waals surface area contributed by atoms with Crippen LogP contribution in [-0.2, 0) is 16.6 Å². The molecule has 100 valence electrons. The summed E-state index contributed by atoms with van der Waals surface area (Å²) in [6.45, 7) is 4.08. The number of nitrogens with zero attached hydrogens (tertiary/aromatic N) is 1. The van der Waals surface area contributed by atoms with Gasteiger partial charge >= 0.3 is 0 Å². The summed E-state index contributed by atoms with van der Waals surface area (Å²) in [5.74, 6) is 3.11. The van der Waals surface area contributed by atoms with Gasteiger partial charge < -0.3 is 4.42 Å². The van der Waals surface area contributed by atoms with Gasteiger partial charge in [-0.3, -0.25) is 5.32 Å². The highest BCUT2D eigenvalue weighted by molar-refractivity contribution is 7.88. The van der Waals surface area contributed by atoms with Crippen LogP contribution in [0.2, 0.25) is 0 Å². The fourth-order valence-corrected chi connectivity index (χ4v) is 1.94. The van der Waals surface area contributed by atoms with Gasteiger partial charge in [-0.05, 0) is 26.0 Å². The maximum absolute atomic E-state index is 11.8. The number of terminal acetylenes is 1. The lowest BCUT2D eigenvalue weighted by Gasteiger charge is -2.18. The Morgan fingerprint density at radius 2 is 2.06 bits per heavy atom. The molecule has 5 nitrogen and oxygen atoms in total. The van der Waals surface area contributed by atoms with Crippen LogP contribution in [-0.4, -0.2) is 32.4 Å². The van der Waals surface area contributed by atoms with Gasteiger partial charge in [-0.15, -0.1) is 6.42 Å². The zero-order valence-corrected chi connectivity index (χ0v) is 11.8. The molecule has 0 aliphatic carbocycles. The van der Waals surface area contributed by atoms with Crippen molar-refractivity contribution in [3.05, 3.63) is 17.9 Å². The number of furan rings is 1. The van der Waals surface area contributed by atoms with Crippen molar-refractivity contribution in [2.45, 2.75) is 31.0 Å². The molecule has 0 unspecified atom stereocenters. The molecule has 18 heavy (non-hydrogen) atoms. The molecular weight excluding hydrogens is 252 g/mol. The van der Waals surface area contributed by atoms with Gasteiger partial charge in [-0.25, -0.2) is 12.7 Å². The van der Waals surface area contributed by atoms with E-state index in [4.69, 9.17) is 10.8 Å². The van der Waals surface area contributed by atoms with Crippen molar-refractivity contribution in [3.8, 4) is 12.3 Å². The number of hydrogen-bond donors (Lipinski definition) is 1. The minimum Gasteiger partial charge on any atom is -0.447 e. The molecule has 6 heteroatoms. The summed E-state index contributed by atoms with van der Waals surface area (Å²) in [7, 11) is -0.606. The molecule has 0 spiro atoms. The Kier molecular flexibility index (Phi) is 4.22. The van der Waals surface area contributed by atoms with Crippen LogP contribution in [0.25, 0.3) is 0 Å². The van der Waals surface area contributed by atoms with E-state index in [-0.39, 0.29) is 5.09 Å². The summed E-state index contributed by atoms with van der Waals surface area (Å²) < 4.78 is 30.0. The third-order valence-corrected chi connectivity index (χ3v) is 4.13. The molecule has 0 amide bonds. The Balaban J connectivity index is 2.81. The average Bonchev–Trinajstić information content (AvgIpc) is 2.75. The van der Waals surface area contributed by atoms with E-state index in [1.54, 1.807) is 6.07 Å². The van der Waals surface area contributed by atoms with Crippen LogP contribution in [0.1, 0.15) is 19.6 Å². The van der Waals surface area contributed by atoms with E-state index in [2.05, 4.69) is 11.2 Å². The second kappa shape index (κ2) is 5.14. The SMILES string of the molecule is C#CC(C)(C)NCc1ccc(S(=O)(=O)N(C)C)o1. The molecule has 0 saturated heterocycles. The molecule has 0 fully saturated rings. The first-order valence-electron chi connectivity index (χ1n) is 5.43. The smallest absolute Gasteiger partial charge is 0.275 e. The third kappa shape index (κ3) is 3.35. The quantitative estimate of drug-likeness (QED) is 0.812. The van der Waals surface area contributed by atoms with Crippen molar-refractivity contribution >= 4 is 10.0 Å². The van der Waals surface area contributed by atoms with Crippen LogP contribution in [0.4, 0.5) is 0 Å². The van der Waals surface area contributed by atoms with Crippen LogP contribution in [0.3, 0.4) is 0 Å². The maximum atomic E-state index is 11.8. The molecule has 0 saturated carbocycles. The maximum Gasteiger partial charge on any atom is 0.275 e. The lowest BCUT2D eigenvalue weighted by molar-refractivity contribution is 0.372. The highest BCUT2D eigenvalue weighted by Crippen LogP contribution is 2.17. The fourth-order valence-electron chi connectivity index (χ4n) is 1.13. The Hall–Kier alpha value is -1.29. The van der Waals surface area contributed by atoms with Crippen LogP contribution >= 0.6 is 0 Å². The third-order valence-electron chi connectivity index (χ3n) is 2.44. The standard InChI is InChI=1S/C12H18N2O3S/c1-6-12(2,3)13-9-10-7-8-11(17-10)18(15,16)14(4)5/h1,7-8,13H,9H2,2-5H3. The Morgan fingerprint density at radius 1 is 1.44 bits per heavy atom. The van der Waals surface area contributed by atoms with Crippen LogP contribution < -0.4 is 5.32 Å². The van der Waals surface area contributed by atoms with Crippen molar-refractivity contribution in [1.82, 2.24) is 9.62 Å². The summed E-state index contributed by atoms with van der Waals surface area (Å²) >= 11 is 0. The van der Waals surface area contributed by atoms with Gasteiger partial charge in [0, 0.05) is 14.1 Å². The van der Waals surface area contributed by atoms with E-state index >= 15 is 0 Å². The second-order valence-electron chi connectivity index (χ2n) is 4.63. The zero-order chi connectivity index (χ0) is 14.0. The minimum absolute atomic E-state index is 0.0668. The van der Waals surface area contributed by atoms with Gasteiger partial charge in [0.05, 0.1) is 12.1 Å². The predicted octanol–water partition coefficient (Wildman–Crippen LogP) is 1.03. The van der Waals surface area contributed by atoms with Crippen LogP contribution in [0.5, 0.6) is 0 Å². The van der Waals surface area contributed by atoms with Gasteiger partial charge in [0.2, 0.25) is 5.09 Å². The lowest BCUT2D eigenvalue weighted by atomic mass is 10.1. The molecule has 0 radical (unpaired) electrons. The zero-order valence-electron chi connectivity index (χ0n) is 11.0. The highest BCUT2D eigenvalue weighted by atomic mass is 32.2. The minimum atomic E-state index is -3.52. The summed E-state index contributed by atoms with van der Waals surface area (Å²) in [4.78, 5) is 0. The number of sulfonamides is 1. The first-order chi connectivity index (χ1) is 8.19. The van der Waals surface area contributed by atoms with Gasteiger partial charge in [-0.2, -0.15) is 0 Å². The molecule has 1 aromatic rings. The summed E-state index contributed by atoms with van der Waals surface area (Å²) in [6, 6.07) is 3.06. The van der Waals surface area contributed by atoms with Crippen molar-refractivity contribution in [3.63, 3.8) is 0 Å². The number of rotatable bonds is 5. The normalized spacial score (nSPS) is 12.7. The first-order valence-corrected chi connectivity index (χ1v) is 6.87. The van der Waals surface area contributed by atoms with Gasteiger partial charge in [0.25, 0.3) is 10.0 Å². The van der Waals surface area contributed by atoms with E-state index in [1.807, 2.05) is 13.8 Å². The van der Waals surface area contributed by atoms with E-state index in [1.165, 1.54) is 20.2 Å². The monoisotopic (exact) mass is 270 g/mol. The Bertz CT molecular complexity index is 550. The number of nitrogens with one attached hydrogen (secondary N) is 1. The first kappa shape index (κ1) is 14.8. The molecule has 0 aromatic carbocycles. The largest absolute Gasteiger partial charge is 0.447 e. The highest BCUT2D eigenvalue weighted by Gasteiger charge is 2.22. The summed E-state index contributed by atoms with van der Waals surface area (Å²) in [6.07, 6.45) is 5.34. The Morgan fingerprint density at radius 3 is 2.56 bits per heavy atom. The van der Waals surface area contributed by atoms with Crippen LogP contribution in [0, 0.1) is 12.3 Å². The molecule has 1 rings (SSSR count). The fraction of sp³-hybridized carbons (Fsp3) is 0.500. The van der Waals surface area contributed by atoms with Crippen molar-refractivity contribution in [2.75, 3.05) is 14.1 Å². The summed E-state index contributed by atoms with van der Waals surface area (Å²) in [5, 5.41) is 3.01. The average molecular weight is 270 g/mol. The van der Waals surface area contributed by atoms with Gasteiger partial charge in [0.1, 0.15) is 5.76 Å². The molecule has 0 aliphatic rings. The van der Waals surface area contributed by atoms with E-state index in [0.717, 1.165) is 4.31 Å². The molecule has 0 aliphatic heterocycles. The van der Waals surface area contributed by atoms with E-state index in [0.29, 0.717) is 12.3 Å². The molecule has 1 aromatic heterocycles. The number of hydrogen-bond acceptors (Lipinski definition) is 4. The lowest BCUT2D eigenvalue weighted by Crippen LogP contribution is -2.36. The van der Waals surface area contributed by atoms with Gasteiger partial charge in [0.15, 0.2) is 0 Å². The van der Waals surface area contributed by atoms with E-state index < -0.39 is 15.6 Å². The van der Waals surface area contributed by atoms with Crippen molar-refractivity contribution in [2.24, 2.45) is 0 Å². The van der Waals surface area contributed by atoms with Crippen LogP contribution in [0.15, 0.2) is 21.6 Å². The molecule has 1 heterocycles. The van der Waals surface area contributed by atoms with E-state index in [9.17, 15) is 8.42 Å². The predicted molar refractivity (Wildman–Crippen MR) is 69.3 cm³/mol. The topological polar surface area (TPSA) is 62.6 Å².